The molecule has 0 bridgehead atoms. The molecule has 0 N–H and O–H groups in total. The van der Waals surface area contributed by atoms with Gasteiger partial charge in [0.05, 0.1) is 5.69 Å². The van der Waals surface area contributed by atoms with Gasteiger partial charge in [-0.05, 0) is 19.1 Å². The monoisotopic (exact) mass is 285 g/mol. The van der Waals surface area contributed by atoms with Crippen molar-refractivity contribution in [3.05, 3.63) is 54.1 Å². The quantitative estimate of drug-likeness (QED) is 0.439. The number of ether oxygens (including phenoxy) is 1. The fourth-order valence-corrected chi connectivity index (χ4v) is 1.67. The molecule has 0 fully saturated rings. The maximum Gasteiger partial charge on any atom is 0.341 e. The van der Waals surface area contributed by atoms with Gasteiger partial charge in [-0.2, -0.15) is 0 Å². The molecule has 6 nitrogen and oxygen atoms in total. The van der Waals surface area contributed by atoms with E-state index in [-0.39, 0.29) is 11.8 Å². The fourth-order valence-electron chi connectivity index (χ4n) is 1.67. The highest BCUT2D eigenvalue weighted by molar-refractivity contribution is 6.28. The predicted molar refractivity (Wildman–Crippen MR) is 72.9 cm³/mol. The van der Waals surface area contributed by atoms with E-state index in [4.69, 9.17) is 0 Å². The maximum atomic E-state index is 11.2. The first kappa shape index (κ1) is 14.4. The van der Waals surface area contributed by atoms with E-state index in [9.17, 15) is 19.2 Å². The van der Waals surface area contributed by atoms with Crippen LogP contribution in [0.1, 0.15) is 6.92 Å². The third-order valence-corrected chi connectivity index (χ3v) is 2.67. The molecule has 106 valence electrons. The fraction of sp³-hybridized carbons (Fsp3) is 0.0667. The Labute approximate surface area is 120 Å². The Morgan fingerprint density at radius 1 is 0.905 bits per heavy atom. The second kappa shape index (κ2) is 5.96. The number of cyclic esters (lactones) is 2. The molecule has 0 saturated heterocycles. The van der Waals surface area contributed by atoms with Crippen molar-refractivity contribution in [1.82, 2.24) is 0 Å². The first-order valence-electron chi connectivity index (χ1n) is 6.04. The zero-order chi connectivity index (χ0) is 15.4. The van der Waals surface area contributed by atoms with Gasteiger partial charge in [0.2, 0.25) is 0 Å². The van der Waals surface area contributed by atoms with E-state index in [2.05, 4.69) is 4.74 Å². The Balaban J connectivity index is 0.000000173. The summed E-state index contributed by atoms with van der Waals surface area (Å²) >= 11 is 0. The Bertz CT molecular complexity index is 655. The minimum atomic E-state index is -0.562. The van der Waals surface area contributed by atoms with Crippen molar-refractivity contribution in [2.45, 2.75) is 6.92 Å². The van der Waals surface area contributed by atoms with Gasteiger partial charge >= 0.3 is 11.9 Å². The molecular formula is C15H11NO5. The maximum absolute atomic E-state index is 11.2. The number of imide groups is 1. The summed E-state index contributed by atoms with van der Waals surface area (Å²) in [5.74, 6) is -1.66. The Hall–Kier alpha value is -3.02. The lowest BCUT2D eigenvalue weighted by Gasteiger charge is -2.12. The number of hydrogen-bond donors (Lipinski definition) is 0. The van der Waals surface area contributed by atoms with Crippen LogP contribution in [0.15, 0.2) is 54.1 Å². The predicted octanol–water partition coefficient (Wildman–Crippen LogP) is 1.13. The van der Waals surface area contributed by atoms with Crippen LogP contribution in [0.3, 0.4) is 0 Å². The molecule has 1 aromatic carbocycles. The van der Waals surface area contributed by atoms with Gasteiger partial charge in [0.1, 0.15) is 0 Å². The molecule has 0 atom stereocenters. The Morgan fingerprint density at radius 3 is 1.86 bits per heavy atom. The molecule has 2 aliphatic heterocycles. The van der Waals surface area contributed by atoms with Crippen molar-refractivity contribution in [3.8, 4) is 0 Å². The van der Waals surface area contributed by atoms with Gasteiger partial charge < -0.3 is 4.74 Å². The van der Waals surface area contributed by atoms with E-state index >= 15 is 0 Å². The van der Waals surface area contributed by atoms with Crippen molar-refractivity contribution in [1.29, 1.82) is 0 Å². The van der Waals surface area contributed by atoms with E-state index in [0.29, 0.717) is 11.3 Å². The number of carbonyl (C=O) groups is 4. The number of rotatable bonds is 1. The normalized spacial score (nSPS) is 16.6. The van der Waals surface area contributed by atoms with Gasteiger partial charge in [-0.25, -0.2) is 14.5 Å². The number of hydrogen-bond acceptors (Lipinski definition) is 5. The third-order valence-electron chi connectivity index (χ3n) is 2.67. The minimum absolute atomic E-state index is 0.281. The molecule has 0 unspecified atom stereocenters. The molecule has 1 aromatic rings. The van der Waals surface area contributed by atoms with Gasteiger partial charge in [0.15, 0.2) is 0 Å². The van der Waals surface area contributed by atoms with Crippen LogP contribution in [-0.2, 0) is 23.9 Å². The molecule has 2 heterocycles. The Kier molecular flexibility index (Phi) is 4.08. The molecule has 0 aliphatic carbocycles. The minimum Gasteiger partial charge on any atom is -0.386 e. The summed E-state index contributed by atoms with van der Waals surface area (Å²) in [6.07, 6.45) is 3.72. The number of amides is 2. The summed E-state index contributed by atoms with van der Waals surface area (Å²) in [4.78, 5) is 44.0. The molecule has 0 radical (unpaired) electrons. The van der Waals surface area contributed by atoms with Crippen LogP contribution in [0.4, 0.5) is 5.69 Å². The van der Waals surface area contributed by atoms with Crippen LogP contribution in [0, 0.1) is 0 Å². The van der Waals surface area contributed by atoms with E-state index < -0.39 is 11.9 Å². The molecule has 0 aromatic heterocycles. The second-order valence-electron chi connectivity index (χ2n) is 4.22. The van der Waals surface area contributed by atoms with Crippen LogP contribution in [0.2, 0.25) is 0 Å². The van der Waals surface area contributed by atoms with Gasteiger partial charge in [0, 0.05) is 23.8 Å². The zero-order valence-electron chi connectivity index (χ0n) is 11.1. The molecule has 21 heavy (non-hydrogen) atoms. The summed E-state index contributed by atoms with van der Waals surface area (Å²) in [5.41, 5.74) is 0.984. The molecular weight excluding hydrogens is 274 g/mol. The number of carbonyl (C=O) groups excluding carboxylic acids is 4. The van der Waals surface area contributed by atoms with E-state index in [1.807, 2.05) is 6.07 Å². The highest BCUT2D eigenvalue weighted by Crippen LogP contribution is 2.17. The van der Waals surface area contributed by atoms with Crippen molar-refractivity contribution >= 4 is 29.4 Å². The molecule has 2 amide bonds. The average molecular weight is 285 g/mol. The largest absolute Gasteiger partial charge is 0.386 e. The number of esters is 2. The summed E-state index contributed by atoms with van der Waals surface area (Å²) in [7, 11) is 0. The van der Waals surface area contributed by atoms with Crippen molar-refractivity contribution in [2.75, 3.05) is 4.90 Å². The lowest BCUT2D eigenvalue weighted by molar-refractivity contribution is -0.150. The molecule has 0 saturated carbocycles. The number of para-hydroxylation sites is 1. The van der Waals surface area contributed by atoms with Crippen LogP contribution in [0.5, 0.6) is 0 Å². The average Bonchev–Trinajstić information content (AvgIpc) is 2.93. The van der Waals surface area contributed by atoms with Gasteiger partial charge in [0.25, 0.3) is 11.8 Å². The van der Waals surface area contributed by atoms with E-state index in [0.717, 1.165) is 4.90 Å². The van der Waals surface area contributed by atoms with Crippen LogP contribution in [0.25, 0.3) is 0 Å². The number of nitrogens with zero attached hydrogens (tertiary/aromatic N) is 1. The molecule has 3 rings (SSSR count). The van der Waals surface area contributed by atoms with E-state index in [1.165, 1.54) is 25.2 Å². The second-order valence-corrected chi connectivity index (χ2v) is 4.22. The number of benzene rings is 1. The third kappa shape index (κ3) is 3.30. The lowest BCUT2D eigenvalue weighted by atomic mass is 10.3. The summed E-state index contributed by atoms with van der Waals surface area (Å²) in [5, 5.41) is 0. The van der Waals surface area contributed by atoms with Gasteiger partial charge in [-0.15, -0.1) is 0 Å². The summed E-state index contributed by atoms with van der Waals surface area (Å²) in [6, 6.07) is 8.86. The highest BCUT2D eigenvalue weighted by Gasteiger charge is 2.24. The SMILES string of the molecule is CC1=CC(=O)OC1=O.O=C1C=CC(=O)N1c1ccccc1. The summed E-state index contributed by atoms with van der Waals surface area (Å²) < 4.78 is 4.10. The molecule has 6 heteroatoms. The van der Waals surface area contributed by atoms with Crippen LogP contribution in [-0.4, -0.2) is 23.8 Å². The first-order valence-corrected chi connectivity index (χ1v) is 6.04. The van der Waals surface area contributed by atoms with Crippen molar-refractivity contribution < 1.29 is 23.9 Å². The van der Waals surface area contributed by atoms with Crippen LogP contribution >= 0.6 is 0 Å². The topological polar surface area (TPSA) is 80.8 Å². The van der Waals surface area contributed by atoms with Gasteiger partial charge in [-0.3, -0.25) is 9.59 Å². The lowest BCUT2D eigenvalue weighted by Crippen LogP contribution is -2.29. The van der Waals surface area contributed by atoms with Crippen molar-refractivity contribution in [2.24, 2.45) is 0 Å². The Morgan fingerprint density at radius 2 is 1.48 bits per heavy atom. The smallest absolute Gasteiger partial charge is 0.341 e. The summed E-state index contributed by atoms with van der Waals surface area (Å²) in [6.45, 7) is 1.53. The van der Waals surface area contributed by atoms with Gasteiger partial charge in [-0.1, -0.05) is 18.2 Å². The zero-order valence-corrected chi connectivity index (χ0v) is 11.1. The standard InChI is InChI=1S/C10H7NO2.C5H4O3/c12-9-6-7-10(13)11(9)8-4-2-1-3-5-8;1-3-2-4(6)8-5(3)7/h1-7H;2H,1H3. The number of anilines is 1. The highest BCUT2D eigenvalue weighted by atomic mass is 16.6. The molecule has 2 aliphatic rings. The van der Waals surface area contributed by atoms with Crippen molar-refractivity contribution in [3.63, 3.8) is 0 Å². The van der Waals surface area contributed by atoms with Crippen LogP contribution < -0.4 is 4.90 Å². The molecule has 0 spiro atoms. The first-order chi connectivity index (χ1) is 9.99. The van der Waals surface area contributed by atoms with E-state index in [1.54, 1.807) is 24.3 Å².